The Balaban J connectivity index is 0.000000882. The fourth-order valence-corrected chi connectivity index (χ4v) is 6.66. The van der Waals surface area contributed by atoms with Crippen molar-refractivity contribution >= 4 is 14.9 Å². The molecule has 22 heavy (non-hydrogen) atoms. The zero-order valence-electron chi connectivity index (χ0n) is 11.7. The second-order valence-corrected chi connectivity index (χ2v) is 9.06. The number of halogens is 3. The molecule has 0 unspecified atom stereocenters. The van der Waals surface area contributed by atoms with E-state index in [9.17, 15) is 0 Å². The molecule has 0 spiro atoms. The first-order valence-corrected chi connectivity index (χ1v) is 9.69. The molecule has 2 aromatic rings. The molecule has 0 fully saturated rings. The maximum Gasteiger partial charge on any atom is -1.00 e. The van der Waals surface area contributed by atoms with Crippen molar-refractivity contribution in [2.75, 3.05) is 0 Å². The van der Waals surface area contributed by atoms with E-state index in [4.69, 9.17) is 11.6 Å². The summed E-state index contributed by atoms with van der Waals surface area (Å²) in [6, 6.07) is 13.0. The molecule has 0 nitrogen and oxygen atoms in total. The summed E-state index contributed by atoms with van der Waals surface area (Å²) in [6.45, 7) is 0. The SMILES string of the molecule is Clc1ccc2c([c]1[Zr+2][C]1=CC=CC1)Cc1ccccc1-2.[Cl-].[Cl-]. The fourth-order valence-electron chi connectivity index (χ4n) is 3.02. The van der Waals surface area contributed by atoms with Gasteiger partial charge in [0.2, 0.25) is 0 Å². The Morgan fingerprint density at radius 2 is 1.77 bits per heavy atom. The largest absolute Gasteiger partial charge is 1.00 e. The van der Waals surface area contributed by atoms with Crippen LogP contribution in [0, 0.1) is 0 Å². The Hall–Kier alpha value is -0.327. The van der Waals surface area contributed by atoms with Crippen LogP contribution in [0.4, 0.5) is 0 Å². The van der Waals surface area contributed by atoms with E-state index >= 15 is 0 Å². The van der Waals surface area contributed by atoms with Crippen molar-refractivity contribution in [1.82, 2.24) is 0 Å². The van der Waals surface area contributed by atoms with Crippen molar-refractivity contribution in [3.05, 3.63) is 74.1 Å². The molecule has 4 rings (SSSR count). The normalized spacial score (nSPS) is 13.4. The number of benzene rings is 2. The van der Waals surface area contributed by atoms with Crippen molar-refractivity contribution < 1.29 is 48.0 Å². The van der Waals surface area contributed by atoms with Crippen LogP contribution in [0.2, 0.25) is 5.02 Å². The second kappa shape index (κ2) is 7.49. The van der Waals surface area contributed by atoms with Crippen LogP contribution >= 0.6 is 11.6 Å². The van der Waals surface area contributed by atoms with Crippen LogP contribution in [-0.2, 0) is 29.7 Å². The molecule has 0 atom stereocenters. The Labute approximate surface area is 160 Å². The molecule has 2 aliphatic rings. The molecule has 0 aliphatic heterocycles. The van der Waals surface area contributed by atoms with E-state index in [1.165, 1.54) is 25.5 Å². The third-order valence-electron chi connectivity index (χ3n) is 3.99. The summed E-state index contributed by atoms with van der Waals surface area (Å²) in [5.41, 5.74) is 5.76. The van der Waals surface area contributed by atoms with E-state index in [0.29, 0.717) is 0 Å². The zero-order chi connectivity index (χ0) is 13.5. The van der Waals surface area contributed by atoms with Gasteiger partial charge in [0.15, 0.2) is 0 Å². The molecule has 2 aromatic carbocycles. The van der Waals surface area contributed by atoms with Crippen LogP contribution in [0.5, 0.6) is 0 Å². The van der Waals surface area contributed by atoms with E-state index in [1.54, 1.807) is 3.28 Å². The predicted molar refractivity (Wildman–Crippen MR) is 81.2 cm³/mol. The van der Waals surface area contributed by atoms with Crippen molar-refractivity contribution in [2.24, 2.45) is 0 Å². The van der Waals surface area contributed by atoms with Crippen molar-refractivity contribution in [2.45, 2.75) is 12.8 Å². The van der Waals surface area contributed by atoms with E-state index in [1.807, 2.05) is 0 Å². The third-order valence-corrected chi connectivity index (χ3v) is 8.42. The minimum absolute atomic E-state index is 0. The average Bonchev–Trinajstić information content (AvgIpc) is 3.09. The van der Waals surface area contributed by atoms with E-state index in [0.717, 1.165) is 17.9 Å². The molecule has 0 bridgehead atoms. The number of hydrogen-bond acceptors (Lipinski definition) is 0. The molecular weight excluding hydrogens is 414 g/mol. The van der Waals surface area contributed by atoms with Crippen LogP contribution in [-0.4, -0.2) is 0 Å². The Morgan fingerprint density at radius 1 is 0.955 bits per heavy atom. The van der Waals surface area contributed by atoms with Gasteiger partial charge >= 0.3 is 136 Å². The van der Waals surface area contributed by atoms with E-state index in [2.05, 4.69) is 54.6 Å². The topological polar surface area (TPSA) is 0 Å². The Morgan fingerprint density at radius 3 is 2.55 bits per heavy atom. The van der Waals surface area contributed by atoms with Crippen LogP contribution in [0.25, 0.3) is 11.1 Å². The van der Waals surface area contributed by atoms with Crippen molar-refractivity contribution in [1.29, 1.82) is 0 Å². The summed E-state index contributed by atoms with van der Waals surface area (Å²) in [7, 11) is 0. The Bertz CT molecular complexity index is 763. The van der Waals surface area contributed by atoms with Gasteiger partial charge in [0.1, 0.15) is 0 Å². The molecule has 0 N–H and O–H groups in total. The quantitative estimate of drug-likeness (QED) is 0.466. The number of rotatable bonds is 2. The summed E-state index contributed by atoms with van der Waals surface area (Å²) in [6.07, 6.45) is 8.93. The average molecular weight is 427 g/mol. The van der Waals surface area contributed by atoms with Gasteiger partial charge in [0, 0.05) is 0 Å². The molecular formula is C18H13Cl3Zr. The van der Waals surface area contributed by atoms with Gasteiger partial charge in [-0.05, 0) is 0 Å². The first kappa shape index (κ1) is 18.0. The van der Waals surface area contributed by atoms with E-state index < -0.39 is 23.2 Å². The van der Waals surface area contributed by atoms with Gasteiger partial charge in [-0.3, -0.25) is 0 Å². The molecule has 0 saturated heterocycles. The van der Waals surface area contributed by atoms with Crippen molar-refractivity contribution in [3.63, 3.8) is 0 Å². The summed E-state index contributed by atoms with van der Waals surface area (Å²) in [5, 5.41) is 0.982. The molecule has 0 aromatic heterocycles. The second-order valence-electron chi connectivity index (χ2n) is 5.23. The summed E-state index contributed by atoms with van der Waals surface area (Å²) in [4.78, 5) is 0. The number of allylic oxidation sites excluding steroid dienone is 4. The van der Waals surface area contributed by atoms with Gasteiger partial charge in [-0.2, -0.15) is 0 Å². The van der Waals surface area contributed by atoms with Gasteiger partial charge in [-0.25, -0.2) is 0 Å². The third kappa shape index (κ3) is 3.15. The zero-order valence-corrected chi connectivity index (χ0v) is 16.5. The van der Waals surface area contributed by atoms with Crippen LogP contribution in [0.15, 0.2) is 57.9 Å². The van der Waals surface area contributed by atoms with Crippen LogP contribution in [0.1, 0.15) is 17.5 Å². The van der Waals surface area contributed by atoms with Gasteiger partial charge in [-0.15, -0.1) is 0 Å². The molecule has 0 saturated carbocycles. The fraction of sp³-hybridized carbons (Fsp3) is 0.111. The first-order valence-electron chi connectivity index (χ1n) is 6.85. The smallest absolute Gasteiger partial charge is 1.00 e. The minimum atomic E-state index is -0.749. The van der Waals surface area contributed by atoms with Gasteiger partial charge in [-0.1, -0.05) is 0 Å². The van der Waals surface area contributed by atoms with E-state index in [-0.39, 0.29) is 24.8 Å². The Kier molecular flexibility index (Phi) is 6.14. The molecule has 4 heteroatoms. The monoisotopic (exact) mass is 424 g/mol. The van der Waals surface area contributed by atoms with Crippen LogP contribution in [0.3, 0.4) is 0 Å². The maximum atomic E-state index is 6.52. The van der Waals surface area contributed by atoms with Crippen LogP contribution < -0.4 is 28.1 Å². The van der Waals surface area contributed by atoms with Gasteiger partial charge in [0.25, 0.3) is 0 Å². The van der Waals surface area contributed by atoms with Gasteiger partial charge < -0.3 is 24.8 Å². The first-order chi connectivity index (χ1) is 9.83. The standard InChI is InChI=1S/C13H8Cl.C5H5.2ClH.Zr/c14-11-5-6-13-10(8-11)7-9-3-1-2-4-12(9)13;1-2-4-5-3-1;;;/h1-6H,7H2;1-3H,4H2;2*1H;/q;;;;+2/p-2. The molecule has 0 amide bonds. The number of fused-ring (bicyclic) bond motifs is 3. The minimum Gasteiger partial charge on any atom is -1.00 e. The van der Waals surface area contributed by atoms with Gasteiger partial charge in [0.05, 0.1) is 0 Å². The molecule has 110 valence electrons. The molecule has 0 heterocycles. The van der Waals surface area contributed by atoms with Crippen molar-refractivity contribution in [3.8, 4) is 11.1 Å². The summed E-state index contributed by atoms with van der Waals surface area (Å²) >= 11 is 5.77. The number of hydrogen-bond donors (Lipinski definition) is 0. The summed E-state index contributed by atoms with van der Waals surface area (Å²) < 4.78 is 3.11. The summed E-state index contributed by atoms with van der Waals surface area (Å²) in [5.74, 6) is 0. The maximum absolute atomic E-state index is 6.52. The molecule has 2 aliphatic carbocycles. The molecule has 0 radical (unpaired) electrons. The predicted octanol–water partition coefficient (Wildman–Crippen LogP) is -1.53.